The number of benzene rings is 2. The van der Waals surface area contributed by atoms with Crippen molar-refractivity contribution in [1.82, 2.24) is 0 Å². The fourth-order valence-electron chi connectivity index (χ4n) is 3.27. The van der Waals surface area contributed by atoms with Crippen LogP contribution in [0.2, 0.25) is 0 Å². The predicted molar refractivity (Wildman–Crippen MR) is 99.2 cm³/mol. The third-order valence-corrected chi connectivity index (χ3v) is 4.71. The number of rotatable bonds is 6. The van der Waals surface area contributed by atoms with Gasteiger partial charge in [0, 0.05) is 5.92 Å². The highest BCUT2D eigenvalue weighted by atomic mass is 16.7. The van der Waals surface area contributed by atoms with Crippen LogP contribution in [-0.4, -0.2) is 25.7 Å². The molecule has 0 bridgehead atoms. The number of hydrogen-bond acceptors (Lipinski definition) is 5. The van der Waals surface area contributed by atoms with Crippen LogP contribution in [0.4, 0.5) is 0 Å². The van der Waals surface area contributed by atoms with Gasteiger partial charge in [0.15, 0.2) is 11.5 Å². The van der Waals surface area contributed by atoms with E-state index in [0.29, 0.717) is 18.6 Å². The molecule has 0 amide bonds. The zero-order chi connectivity index (χ0) is 18.1. The van der Waals surface area contributed by atoms with Gasteiger partial charge in [0.05, 0.1) is 12.8 Å². The molecule has 1 fully saturated rings. The average molecular weight is 353 g/mol. The van der Waals surface area contributed by atoms with Crippen LogP contribution in [0.3, 0.4) is 0 Å². The molecule has 2 aromatic rings. The molecule has 0 N–H and O–H groups in total. The van der Waals surface area contributed by atoms with Gasteiger partial charge in [0.25, 0.3) is 0 Å². The predicted octanol–water partition coefficient (Wildman–Crippen LogP) is 4.36. The average Bonchev–Trinajstić information content (AvgIpc) is 3.29. The molecule has 2 atom stereocenters. The normalized spacial score (nSPS) is 21.0. The van der Waals surface area contributed by atoms with Gasteiger partial charge in [0.2, 0.25) is 6.79 Å². The highest BCUT2D eigenvalue weighted by molar-refractivity contribution is 6.04. The standard InChI is InChI=1S/C21H23NO4/c1-13(2)26-22-21(14-4-7-16(23-3)8-5-14)18-11-17(18)15-6-9-19-20(10-15)25-12-24-19/h4-10,13,17-18H,11-12H2,1-3H3/b22-21-/t17-,18+/m1/s1. The van der Waals surface area contributed by atoms with Crippen LogP contribution in [-0.2, 0) is 4.84 Å². The van der Waals surface area contributed by atoms with Crippen molar-refractivity contribution in [2.45, 2.75) is 32.3 Å². The first-order valence-corrected chi connectivity index (χ1v) is 8.93. The highest BCUT2D eigenvalue weighted by Gasteiger charge is 2.43. The molecular weight excluding hydrogens is 330 g/mol. The lowest BCUT2D eigenvalue weighted by atomic mass is 10.0. The van der Waals surface area contributed by atoms with Gasteiger partial charge in [-0.2, -0.15) is 0 Å². The van der Waals surface area contributed by atoms with Gasteiger partial charge in [-0.3, -0.25) is 0 Å². The molecule has 0 aromatic heterocycles. The molecule has 0 spiro atoms. The number of methoxy groups -OCH3 is 1. The summed E-state index contributed by atoms with van der Waals surface area (Å²) in [4.78, 5) is 5.59. The minimum absolute atomic E-state index is 0.0472. The Kier molecular flexibility index (Phi) is 4.45. The van der Waals surface area contributed by atoms with Crippen LogP contribution < -0.4 is 14.2 Å². The Morgan fingerprint density at radius 2 is 1.85 bits per heavy atom. The van der Waals surface area contributed by atoms with Gasteiger partial charge in [-0.15, -0.1) is 0 Å². The van der Waals surface area contributed by atoms with E-state index in [1.807, 2.05) is 44.2 Å². The van der Waals surface area contributed by atoms with Crippen LogP contribution in [0, 0.1) is 5.92 Å². The molecule has 0 saturated heterocycles. The molecule has 136 valence electrons. The highest BCUT2D eigenvalue weighted by Crippen LogP contribution is 2.51. The van der Waals surface area contributed by atoms with E-state index in [2.05, 4.69) is 17.3 Å². The van der Waals surface area contributed by atoms with E-state index in [1.165, 1.54) is 5.56 Å². The quantitative estimate of drug-likeness (QED) is 0.572. The monoisotopic (exact) mass is 353 g/mol. The van der Waals surface area contributed by atoms with E-state index in [9.17, 15) is 0 Å². The fraction of sp³-hybridized carbons (Fsp3) is 0.381. The van der Waals surface area contributed by atoms with E-state index in [-0.39, 0.29) is 6.10 Å². The first-order valence-electron chi connectivity index (χ1n) is 8.93. The van der Waals surface area contributed by atoms with Crippen molar-refractivity contribution >= 4 is 5.71 Å². The summed E-state index contributed by atoms with van der Waals surface area (Å²) in [6, 6.07) is 14.2. The SMILES string of the molecule is COc1ccc(/C(=N/OC(C)C)[C@H]2C[C@@H]2c2ccc3c(c2)OCO3)cc1. The molecule has 26 heavy (non-hydrogen) atoms. The maximum Gasteiger partial charge on any atom is 0.231 e. The maximum absolute atomic E-state index is 5.59. The lowest BCUT2D eigenvalue weighted by molar-refractivity contribution is 0.0854. The van der Waals surface area contributed by atoms with E-state index >= 15 is 0 Å². The Balaban J connectivity index is 1.58. The molecule has 0 unspecified atom stereocenters. The number of ether oxygens (including phenoxy) is 3. The Morgan fingerprint density at radius 1 is 1.08 bits per heavy atom. The molecule has 4 rings (SSSR count). The molecule has 1 aliphatic heterocycles. The molecule has 0 radical (unpaired) electrons. The molecule has 2 aromatic carbocycles. The van der Waals surface area contributed by atoms with Gasteiger partial charge in [-0.25, -0.2) is 0 Å². The molecular formula is C21H23NO4. The summed E-state index contributed by atoms with van der Waals surface area (Å²) in [5, 5.41) is 4.48. The molecule has 1 saturated carbocycles. The Bertz CT molecular complexity index is 813. The zero-order valence-corrected chi connectivity index (χ0v) is 15.3. The van der Waals surface area contributed by atoms with E-state index in [0.717, 1.165) is 34.9 Å². The third-order valence-electron chi connectivity index (χ3n) is 4.71. The first-order chi connectivity index (χ1) is 12.7. The molecule has 2 aliphatic rings. The fourth-order valence-corrected chi connectivity index (χ4v) is 3.27. The second kappa shape index (κ2) is 6.90. The van der Waals surface area contributed by atoms with Crippen LogP contribution in [0.15, 0.2) is 47.6 Å². The summed E-state index contributed by atoms with van der Waals surface area (Å²) in [6.07, 6.45) is 1.09. The van der Waals surface area contributed by atoms with Crippen molar-refractivity contribution in [2.24, 2.45) is 11.1 Å². The van der Waals surface area contributed by atoms with Crippen LogP contribution in [0.5, 0.6) is 17.2 Å². The number of hydrogen-bond donors (Lipinski definition) is 0. The van der Waals surface area contributed by atoms with Gasteiger partial charge >= 0.3 is 0 Å². The van der Waals surface area contributed by atoms with E-state index in [4.69, 9.17) is 19.0 Å². The number of nitrogens with zero attached hydrogens (tertiary/aromatic N) is 1. The van der Waals surface area contributed by atoms with Crippen molar-refractivity contribution in [1.29, 1.82) is 0 Å². The minimum atomic E-state index is 0.0472. The second-order valence-electron chi connectivity index (χ2n) is 6.92. The lowest BCUT2D eigenvalue weighted by Gasteiger charge is -2.10. The Hall–Kier alpha value is -2.69. The molecule has 1 aliphatic carbocycles. The van der Waals surface area contributed by atoms with Crippen LogP contribution in [0.1, 0.15) is 37.3 Å². The van der Waals surface area contributed by atoms with Crippen molar-refractivity contribution in [2.75, 3.05) is 13.9 Å². The Labute approximate surface area is 153 Å². The largest absolute Gasteiger partial charge is 0.497 e. The number of oxime groups is 1. The van der Waals surface area contributed by atoms with Gasteiger partial charge in [-0.1, -0.05) is 11.2 Å². The summed E-state index contributed by atoms with van der Waals surface area (Å²) < 4.78 is 16.2. The lowest BCUT2D eigenvalue weighted by Crippen LogP contribution is -2.08. The van der Waals surface area contributed by atoms with Crippen LogP contribution >= 0.6 is 0 Å². The maximum atomic E-state index is 5.59. The summed E-state index contributed by atoms with van der Waals surface area (Å²) in [6.45, 7) is 4.27. The summed E-state index contributed by atoms with van der Waals surface area (Å²) >= 11 is 0. The van der Waals surface area contributed by atoms with Gasteiger partial charge < -0.3 is 19.0 Å². The van der Waals surface area contributed by atoms with Gasteiger partial charge in [-0.05, 0) is 73.7 Å². The molecule has 5 heteroatoms. The second-order valence-corrected chi connectivity index (χ2v) is 6.92. The minimum Gasteiger partial charge on any atom is -0.497 e. The topological polar surface area (TPSA) is 49.3 Å². The van der Waals surface area contributed by atoms with Gasteiger partial charge in [0.1, 0.15) is 11.9 Å². The van der Waals surface area contributed by atoms with Crippen molar-refractivity contribution in [3.63, 3.8) is 0 Å². The summed E-state index contributed by atoms with van der Waals surface area (Å²) in [7, 11) is 1.67. The zero-order valence-electron chi connectivity index (χ0n) is 15.3. The summed E-state index contributed by atoms with van der Waals surface area (Å²) in [5.74, 6) is 3.23. The molecule has 1 heterocycles. The summed E-state index contributed by atoms with van der Waals surface area (Å²) in [5.41, 5.74) is 3.31. The van der Waals surface area contributed by atoms with E-state index in [1.54, 1.807) is 7.11 Å². The smallest absolute Gasteiger partial charge is 0.231 e. The Morgan fingerprint density at radius 3 is 2.58 bits per heavy atom. The molecule has 5 nitrogen and oxygen atoms in total. The van der Waals surface area contributed by atoms with Crippen LogP contribution in [0.25, 0.3) is 0 Å². The number of fused-ring (bicyclic) bond motifs is 1. The van der Waals surface area contributed by atoms with Crippen molar-refractivity contribution in [3.05, 3.63) is 53.6 Å². The van der Waals surface area contributed by atoms with Crippen molar-refractivity contribution in [3.8, 4) is 17.2 Å². The van der Waals surface area contributed by atoms with E-state index < -0.39 is 0 Å². The van der Waals surface area contributed by atoms with Crippen molar-refractivity contribution < 1.29 is 19.0 Å². The third kappa shape index (κ3) is 3.34. The first kappa shape index (κ1) is 16.8.